The van der Waals surface area contributed by atoms with Crippen molar-refractivity contribution in [3.8, 4) is 22.6 Å². The molecule has 2 rings (SSSR count). The Morgan fingerprint density at radius 2 is 1.15 bits per heavy atom. The van der Waals surface area contributed by atoms with Crippen LogP contribution < -0.4 is 9.47 Å². The van der Waals surface area contributed by atoms with E-state index in [1.54, 1.807) is 36.4 Å². The Hall–Kier alpha value is -2.62. The summed E-state index contributed by atoms with van der Waals surface area (Å²) in [6, 6.07) is 10.3. The summed E-state index contributed by atoms with van der Waals surface area (Å²) < 4.78 is 10.6. The molecule has 0 amide bonds. The number of carbonyl (C=O) groups excluding carboxylic acids is 2. The van der Waals surface area contributed by atoms with Crippen LogP contribution in [0.15, 0.2) is 36.4 Å². The second-order valence-electron chi connectivity index (χ2n) is 4.08. The van der Waals surface area contributed by atoms with Gasteiger partial charge in [-0.2, -0.15) is 0 Å². The van der Waals surface area contributed by atoms with Crippen molar-refractivity contribution in [1.29, 1.82) is 0 Å². The average molecular weight is 270 g/mol. The fourth-order valence-corrected chi connectivity index (χ4v) is 2.17. The lowest BCUT2D eigenvalue weighted by atomic mass is 9.94. The van der Waals surface area contributed by atoms with Crippen LogP contribution in [0.3, 0.4) is 0 Å². The van der Waals surface area contributed by atoms with E-state index in [1.807, 2.05) is 0 Å². The highest BCUT2D eigenvalue weighted by atomic mass is 16.5. The van der Waals surface area contributed by atoms with E-state index in [0.717, 1.165) is 12.6 Å². The molecule has 0 aliphatic carbocycles. The Morgan fingerprint density at radius 3 is 1.45 bits per heavy atom. The molecule has 4 nitrogen and oxygen atoms in total. The molecule has 2 aromatic carbocycles. The molecule has 102 valence electrons. The average Bonchev–Trinajstić information content (AvgIpc) is 2.52. The number of rotatable bonds is 5. The molecule has 0 saturated heterocycles. The number of hydrogen-bond acceptors (Lipinski definition) is 4. The number of methoxy groups -OCH3 is 2. The van der Waals surface area contributed by atoms with Gasteiger partial charge >= 0.3 is 0 Å². The first kappa shape index (κ1) is 13.8. The number of ether oxygens (including phenoxy) is 2. The molecule has 0 N–H and O–H groups in total. The molecule has 0 fully saturated rings. The van der Waals surface area contributed by atoms with E-state index >= 15 is 0 Å². The maximum Gasteiger partial charge on any atom is 0.150 e. The third-order valence-corrected chi connectivity index (χ3v) is 3.06. The van der Waals surface area contributed by atoms with Crippen LogP contribution in [0.5, 0.6) is 11.5 Å². The second-order valence-corrected chi connectivity index (χ2v) is 4.08. The van der Waals surface area contributed by atoms with Gasteiger partial charge in [0, 0.05) is 22.3 Å². The summed E-state index contributed by atoms with van der Waals surface area (Å²) in [4.78, 5) is 22.6. The van der Waals surface area contributed by atoms with Gasteiger partial charge in [0.15, 0.2) is 12.6 Å². The predicted octanol–water partition coefficient (Wildman–Crippen LogP) is 3.00. The maximum atomic E-state index is 11.3. The lowest BCUT2D eigenvalue weighted by molar-refractivity contribution is 0.111. The molecule has 20 heavy (non-hydrogen) atoms. The minimum Gasteiger partial charge on any atom is -0.496 e. The monoisotopic (exact) mass is 270 g/mol. The Morgan fingerprint density at radius 1 is 0.750 bits per heavy atom. The van der Waals surface area contributed by atoms with E-state index in [9.17, 15) is 9.59 Å². The zero-order valence-electron chi connectivity index (χ0n) is 11.3. The van der Waals surface area contributed by atoms with Crippen LogP contribution in [-0.4, -0.2) is 26.8 Å². The van der Waals surface area contributed by atoms with Crippen molar-refractivity contribution < 1.29 is 19.1 Å². The Kier molecular flexibility index (Phi) is 4.15. The smallest absolute Gasteiger partial charge is 0.150 e. The first-order valence-electron chi connectivity index (χ1n) is 6.01. The molecule has 0 spiro atoms. The van der Waals surface area contributed by atoms with Crippen LogP contribution in [-0.2, 0) is 0 Å². The molecule has 0 aromatic heterocycles. The Labute approximate surface area is 116 Å². The summed E-state index contributed by atoms with van der Waals surface area (Å²) in [6.07, 6.45) is 1.47. The fraction of sp³-hybridized carbons (Fsp3) is 0.125. The van der Waals surface area contributed by atoms with Crippen LogP contribution in [0, 0.1) is 0 Å². The van der Waals surface area contributed by atoms with Crippen molar-refractivity contribution in [1.82, 2.24) is 0 Å². The quantitative estimate of drug-likeness (QED) is 0.784. The van der Waals surface area contributed by atoms with E-state index in [2.05, 4.69) is 0 Å². The summed E-state index contributed by atoms with van der Waals surface area (Å²) in [5.74, 6) is 1.03. The first-order chi connectivity index (χ1) is 9.76. The molecule has 0 heterocycles. The van der Waals surface area contributed by atoms with Gasteiger partial charge in [0.05, 0.1) is 14.2 Å². The van der Waals surface area contributed by atoms with E-state index in [0.29, 0.717) is 33.8 Å². The van der Waals surface area contributed by atoms with Crippen molar-refractivity contribution in [3.05, 3.63) is 47.5 Å². The van der Waals surface area contributed by atoms with Crippen molar-refractivity contribution in [2.75, 3.05) is 14.2 Å². The highest BCUT2D eigenvalue weighted by Gasteiger charge is 2.18. The van der Waals surface area contributed by atoms with Crippen LogP contribution in [0.2, 0.25) is 0 Å². The molecule has 0 atom stereocenters. The van der Waals surface area contributed by atoms with Gasteiger partial charge < -0.3 is 9.47 Å². The molecule has 4 heteroatoms. The summed E-state index contributed by atoms with van der Waals surface area (Å²) in [7, 11) is 3.03. The van der Waals surface area contributed by atoms with Gasteiger partial charge in [0.2, 0.25) is 0 Å². The molecule has 0 aliphatic heterocycles. The van der Waals surface area contributed by atoms with E-state index < -0.39 is 0 Å². The molecule has 0 bridgehead atoms. The Bertz CT molecular complexity index is 589. The van der Waals surface area contributed by atoms with Crippen LogP contribution in [0.4, 0.5) is 0 Å². The highest BCUT2D eigenvalue weighted by molar-refractivity contribution is 5.98. The third-order valence-electron chi connectivity index (χ3n) is 3.06. The van der Waals surface area contributed by atoms with Crippen molar-refractivity contribution in [2.24, 2.45) is 0 Å². The van der Waals surface area contributed by atoms with Gasteiger partial charge in [0.1, 0.15) is 11.5 Å². The third kappa shape index (κ3) is 2.28. The SMILES string of the molecule is COc1cccc(C=O)c1-c1c(C=O)cccc1OC. The molecule has 2 aromatic rings. The van der Waals surface area contributed by atoms with E-state index in [-0.39, 0.29) is 0 Å². The highest BCUT2D eigenvalue weighted by Crippen LogP contribution is 2.40. The van der Waals surface area contributed by atoms with Gasteiger partial charge in [0.25, 0.3) is 0 Å². The molecule has 0 unspecified atom stereocenters. The van der Waals surface area contributed by atoms with Gasteiger partial charge in [-0.25, -0.2) is 0 Å². The summed E-state index contributed by atoms with van der Waals surface area (Å²) in [5, 5.41) is 0. The number of carbonyl (C=O) groups is 2. The number of hydrogen-bond donors (Lipinski definition) is 0. The van der Waals surface area contributed by atoms with Crippen LogP contribution >= 0.6 is 0 Å². The van der Waals surface area contributed by atoms with Gasteiger partial charge in [-0.15, -0.1) is 0 Å². The van der Waals surface area contributed by atoms with Gasteiger partial charge in [-0.3, -0.25) is 9.59 Å². The van der Waals surface area contributed by atoms with Crippen molar-refractivity contribution in [3.63, 3.8) is 0 Å². The standard InChI is InChI=1S/C16H14O4/c1-19-13-7-3-5-11(9-17)15(13)16-12(10-18)6-4-8-14(16)20-2/h3-10H,1-2H3. The van der Waals surface area contributed by atoms with E-state index in [1.165, 1.54) is 14.2 Å². The summed E-state index contributed by atoms with van der Waals surface area (Å²) in [5.41, 5.74) is 2.00. The zero-order valence-corrected chi connectivity index (χ0v) is 11.3. The molecular weight excluding hydrogens is 256 g/mol. The maximum absolute atomic E-state index is 11.3. The zero-order chi connectivity index (χ0) is 14.5. The van der Waals surface area contributed by atoms with E-state index in [4.69, 9.17) is 9.47 Å². The van der Waals surface area contributed by atoms with Gasteiger partial charge in [-0.1, -0.05) is 24.3 Å². The lowest BCUT2D eigenvalue weighted by Gasteiger charge is -2.15. The summed E-state index contributed by atoms with van der Waals surface area (Å²) >= 11 is 0. The minimum absolute atomic E-state index is 0.442. The largest absolute Gasteiger partial charge is 0.496 e. The first-order valence-corrected chi connectivity index (χ1v) is 6.01. The van der Waals surface area contributed by atoms with Gasteiger partial charge in [-0.05, 0) is 12.1 Å². The minimum atomic E-state index is 0.442. The predicted molar refractivity (Wildman–Crippen MR) is 75.8 cm³/mol. The molecule has 0 saturated carbocycles. The van der Waals surface area contributed by atoms with Crippen LogP contribution in [0.1, 0.15) is 20.7 Å². The fourth-order valence-electron chi connectivity index (χ4n) is 2.17. The topological polar surface area (TPSA) is 52.6 Å². The molecule has 0 aliphatic rings. The Balaban J connectivity index is 2.86. The number of benzene rings is 2. The number of aldehydes is 2. The van der Waals surface area contributed by atoms with Crippen LogP contribution in [0.25, 0.3) is 11.1 Å². The van der Waals surface area contributed by atoms with Crippen molar-refractivity contribution in [2.45, 2.75) is 0 Å². The van der Waals surface area contributed by atoms with Crippen molar-refractivity contribution >= 4 is 12.6 Å². The summed E-state index contributed by atoms with van der Waals surface area (Å²) in [6.45, 7) is 0. The molecule has 0 radical (unpaired) electrons. The molecular formula is C16H14O4. The normalized spacial score (nSPS) is 9.90. The second kappa shape index (κ2) is 6.02. The lowest BCUT2D eigenvalue weighted by Crippen LogP contribution is -1.99.